The molecule has 2 fully saturated rings. The van der Waals surface area contributed by atoms with Gasteiger partial charge in [-0.15, -0.1) is 0 Å². The van der Waals surface area contributed by atoms with Gasteiger partial charge in [-0.05, 0) is 88.5 Å². The predicted molar refractivity (Wildman–Crippen MR) is 117 cm³/mol. The van der Waals surface area contributed by atoms with Gasteiger partial charge in [-0.2, -0.15) is 13.2 Å². The van der Waals surface area contributed by atoms with Crippen LogP contribution in [-0.2, 0) is 11.0 Å². The van der Waals surface area contributed by atoms with Gasteiger partial charge in [-0.1, -0.05) is 0 Å². The number of nitrogens with one attached hydrogen (secondary N) is 2. The molecule has 1 aromatic carbocycles. The van der Waals surface area contributed by atoms with Gasteiger partial charge in [-0.3, -0.25) is 9.59 Å². The number of halogens is 3. The second-order valence-corrected chi connectivity index (χ2v) is 9.33. The molecule has 0 spiro atoms. The largest absolute Gasteiger partial charge is 0.416 e. The summed E-state index contributed by atoms with van der Waals surface area (Å²) in [5.41, 5.74) is -0.356. The van der Waals surface area contributed by atoms with E-state index in [9.17, 15) is 22.8 Å². The lowest BCUT2D eigenvalue weighted by Crippen LogP contribution is -2.48. The first-order valence-electron chi connectivity index (χ1n) is 11.6. The average molecular weight is 454 g/mol. The molecule has 1 unspecified atom stereocenters. The zero-order chi connectivity index (χ0) is 23.3. The average Bonchev–Trinajstić information content (AvgIpc) is 2.76. The maximum absolute atomic E-state index is 13.0. The first-order chi connectivity index (χ1) is 15.1. The molecule has 2 aliphatic rings. The van der Waals surface area contributed by atoms with E-state index in [1.807, 2.05) is 4.90 Å². The third-order valence-electron chi connectivity index (χ3n) is 6.73. The monoisotopic (exact) mass is 453 g/mol. The fourth-order valence-corrected chi connectivity index (χ4v) is 4.79. The van der Waals surface area contributed by atoms with Gasteiger partial charge in [0.2, 0.25) is 5.91 Å². The molecule has 1 heterocycles. The second-order valence-electron chi connectivity index (χ2n) is 9.33. The van der Waals surface area contributed by atoms with Crippen molar-refractivity contribution >= 4 is 11.8 Å². The van der Waals surface area contributed by atoms with Gasteiger partial charge in [0.25, 0.3) is 5.91 Å². The van der Waals surface area contributed by atoms with Gasteiger partial charge in [0.05, 0.1) is 12.1 Å². The summed E-state index contributed by atoms with van der Waals surface area (Å²) in [6.45, 7) is 5.32. The van der Waals surface area contributed by atoms with E-state index in [0.29, 0.717) is 30.6 Å². The number of carbonyl (C=O) groups excluding carboxylic acids is 2. The number of hydrogen-bond acceptors (Lipinski definition) is 3. The third kappa shape index (κ3) is 6.70. The summed E-state index contributed by atoms with van der Waals surface area (Å²) in [6.07, 6.45) is 2.53. The molecule has 2 N–H and O–H groups in total. The molecule has 2 amide bonds. The molecular formula is C24H34F3N3O2. The molecule has 1 saturated heterocycles. The van der Waals surface area contributed by atoms with E-state index in [-0.39, 0.29) is 17.5 Å². The van der Waals surface area contributed by atoms with Crippen LogP contribution in [0.1, 0.15) is 73.4 Å². The molecule has 178 valence electrons. The van der Waals surface area contributed by atoms with Crippen molar-refractivity contribution in [1.82, 2.24) is 15.5 Å². The van der Waals surface area contributed by atoms with Crippen molar-refractivity contribution in [3.63, 3.8) is 0 Å². The topological polar surface area (TPSA) is 61.4 Å². The van der Waals surface area contributed by atoms with Crippen molar-refractivity contribution in [3.05, 3.63) is 34.9 Å². The maximum Gasteiger partial charge on any atom is 0.416 e. The summed E-state index contributed by atoms with van der Waals surface area (Å²) in [6, 6.07) is 4.03. The van der Waals surface area contributed by atoms with Crippen LogP contribution < -0.4 is 10.6 Å². The Morgan fingerprint density at radius 1 is 1.06 bits per heavy atom. The minimum atomic E-state index is -4.47. The number of aryl methyl sites for hydroxylation is 1. The van der Waals surface area contributed by atoms with Crippen LogP contribution in [0.15, 0.2) is 18.2 Å². The molecule has 1 atom stereocenters. The Kier molecular flexibility index (Phi) is 8.20. The molecule has 5 nitrogen and oxygen atoms in total. The van der Waals surface area contributed by atoms with E-state index in [1.54, 1.807) is 6.92 Å². The van der Waals surface area contributed by atoms with Gasteiger partial charge in [-0.25, -0.2) is 0 Å². The van der Waals surface area contributed by atoms with Crippen molar-refractivity contribution in [2.45, 2.75) is 77.1 Å². The summed E-state index contributed by atoms with van der Waals surface area (Å²) >= 11 is 0. The Labute approximate surface area is 188 Å². The highest BCUT2D eigenvalue weighted by atomic mass is 19.4. The smallest absolute Gasteiger partial charge is 0.352 e. The first kappa shape index (κ1) is 24.6. The van der Waals surface area contributed by atoms with Gasteiger partial charge in [0.15, 0.2) is 0 Å². The highest BCUT2D eigenvalue weighted by Gasteiger charge is 2.31. The van der Waals surface area contributed by atoms with E-state index in [1.165, 1.54) is 12.5 Å². The molecule has 0 radical (unpaired) electrons. The molecule has 1 aliphatic carbocycles. The van der Waals surface area contributed by atoms with E-state index in [2.05, 4.69) is 17.6 Å². The van der Waals surface area contributed by atoms with Gasteiger partial charge in [0.1, 0.15) is 0 Å². The van der Waals surface area contributed by atoms with E-state index in [0.717, 1.165) is 57.2 Å². The first-order valence-corrected chi connectivity index (χ1v) is 11.6. The zero-order valence-electron chi connectivity index (χ0n) is 18.9. The lowest BCUT2D eigenvalue weighted by atomic mass is 9.86. The normalized spacial score (nSPS) is 24.3. The summed E-state index contributed by atoms with van der Waals surface area (Å²) in [5, 5.41) is 6.19. The summed E-state index contributed by atoms with van der Waals surface area (Å²) in [5.74, 6) is -0.00891. The summed E-state index contributed by atoms with van der Waals surface area (Å²) in [7, 11) is 0. The fraction of sp³-hybridized carbons (Fsp3) is 0.667. The third-order valence-corrected chi connectivity index (χ3v) is 6.73. The van der Waals surface area contributed by atoms with Crippen molar-refractivity contribution in [3.8, 4) is 0 Å². The zero-order valence-corrected chi connectivity index (χ0v) is 18.9. The van der Waals surface area contributed by atoms with Crippen LogP contribution in [0.3, 0.4) is 0 Å². The van der Waals surface area contributed by atoms with Gasteiger partial charge in [0, 0.05) is 30.7 Å². The van der Waals surface area contributed by atoms with Crippen LogP contribution in [0.25, 0.3) is 0 Å². The highest BCUT2D eigenvalue weighted by molar-refractivity contribution is 5.94. The fourth-order valence-electron chi connectivity index (χ4n) is 4.79. The second kappa shape index (κ2) is 10.7. The molecule has 1 aliphatic heterocycles. The number of piperidine rings is 1. The SMILES string of the molecule is Cc1cc(C(=O)NC[C@H]2CC[C@H](NCC(=O)N3CCCCC3C)CC2)cc(C(F)(F)F)c1. The number of nitrogens with zero attached hydrogens (tertiary/aromatic N) is 1. The minimum Gasteiger partial charge on any atom is -0.352 e. The number of rotatable bonds is 6. The molecule has 1 saturated carbocycles. The van der Waals surface area contributed by atoms with Crippen LogP contribution >= 0.6 is 0 Å². The molecule has 3 rings (SSSR count). The Bertz CT molecular complexity index is 804. The number of alkyl halides is 3. The highest BCUT2D eigenvalue weighted by Crippen LogP contribution is 2.30. The van der Waals surface area contributed by atoms with E-state index in [4.69, 9.17) is 0 Å². The molecule has 32 heavy (non-hydrogen) atoms. The number of benzene rings is 1. The minimum absolute atomic E-state index is 0.0399. The number of amides is 2. The Hall–Kier alpha value is -2.09. The lowest BCUT2D eigenvalue weighted by Gasteiger charge is -2.34. The van der Waals surface area contributed by atoms with Crippen molar-refractivity contribution in [2.24, 2.45) is 5.92 Å². The van der Waals surface area contributed by atoms with Crippen molar-refractivity contribution < 1.29 is 22.8 Å². The maximum atomic E-state index is 13.0. The lowest BCUT2D eigenvalue weighted by molar-refractivity contribution is -0.137. The van der Waals surface area contributed by atoms with E-state index >= 15 is 0 Å². The molecule has 0 aromatic heterocycles. The number of hydrogen-bond donors (Lipinski definition) is 2. The Morgan fingerprint density at radius 2 is 1.78 bits per heavy atom. The van der Waals surface area contributed by atoms with Gasteiger partial charge < -0.3 is 15.5 Å². The van der Waals surface area contributed by atoms with Crippen LogP contribution in [0, 0.1) is 12.8 Å². The molecular weight excluding hydrogens is 419 g/mol. The number of carbonyl (C=O) groups is 2. The molecule has 0 bridgehead atoms. The standard InChI is InChI=1S/C24H34F3N3O2/c1-16-11-19(13-20(12-16)24(25,26)27)23(32)29-14-18-6-8-21(9-7-18)28-15-22(31)30-10-4-3-5-17(30)2/h11-13,17-18,21,28H,3-10,14-15H2,1-2H3,(H,29,32)/t17?,18-,21-. The Morgan fingerprint density at radius 3 is 2.44 bits per heavy atom. The summed E-state index contributed by atoms with van der Waals surface area (Å²) in [4.78, 5) is 26.9. The van der Waals surface area contributed by atoms with Crippen LogP contribution in [0.4, 0.5) is 13.2 Å². The van der Waals surface area contributed by atoms with Crippen LogP contribution in [0.2, 0.25) is 0 Å². The predicted octanol–water partition coefficient (Wildman–Crippen LogP) is 4.29. The van der Waals surface area contributed by atoms with E-state index < -0.39 is 17.6 Å². The van der Waals surface area contributed by atoms with Gasteiger partial charge >= 0.3 is 6.18 Å². The van der Waals surface area contributed by atoms with Crippen LogP contribution in [0.5, 0.6) is 0 Å². The summed E-state index contributed by atoms with van der Waals surface area (Å²) < 4.78 is 39.0. The van der Waals surface area contributed by atoms with Crippen LogP contribution in [-0.4, -0.2) is 48.4 Å². The molecule has 1 aromatic rings. The molecule has 8 heteroatoms. The Balaban J connectivity index is 1.40. The number of likely N-dealkylation sites (tertiary alicyclic amines) is 1. The quantitative estimate of drug-likeness (QED) is 0.676. The van der Waals surface area contributed by atoms with Crippen molar-refractivity contribution in [1.29, 1.82) is 0 Å². The van der Waals surface area contributed by atoms with Crippen molar-refractivity contribution in [2.75, 3.05) is 19.6 Å².